The second-order valence-corrected chi connectivity index (χ2v) is 7.42. The van der Waals surface area contributed by atoms with Crippen LogP contribution in [0, 0.1) is 0 Å². The number of fused-ring (bicyclic) bond motifs is 1. The third-order valence-corrected chi connectivity index (χ3v) is 5.76. The molecule has 2 aliphatic rings. The van der Waals surface area contributed by atoms with Gasteiger partial charge in [-0.1, -0.05) is 36.4 Å². The molecule has 26 heavy (non-hydrogen) atoms. The van der Waals surface area contributed by atoms with Gasteiger partial charge < -0.3 is 15.8 Å². The third-order valence-electron chi connectivity index (χ3n) is 5.76. The Morgan fingerprint density at radius 2 is 1.81 bits per heavy atom. The Hall–Kier alpha value is -2.33. The van der Waals surface area contributed by atoms with Crippen LogP contribution in [0.2, 0.25) is 0 Å². The summed E-state index contributed by atoms with van der Waals surface area (Å²) in [7, 11) is 0. The highest BCUT2D eigenvalue weighted by molar-refractivity contribution is 5.92. The van der Waals surface area contributed by atoms with Crippen molar-refractivity contribution in [1.29, 1.82) is 0 Å². The molecule has 0 amide bonds. The molecule has 3 N–H and O–H groups in total. The molecule has 2 aromatic carbocycles. The third kappa shape index (κ3) is 3.61. The van der Waals surface area contributed by atoms with Crippen molar-refractivity contribution in [3.63, 3.8) is 0 Å². The van der Waals surface area contributed by atoms with Crippen molar-refractivity contribution in [3.05, 3.63) is 65.2 Å². The lowest BCUT2D eigenvalue weighted by Crippen LogP contribution is -2.38. The van der Waals surface area contributed by atoms with E-state index in [-0.39, 0.29) is 5.41 Å². The van der Waals surface area contributed by atoms with E-state index >= 15 is 0 Å². The van der Waals surface area contributed by atoms with Crippen LogP contribution in [-0.4, -0.2) is 25.7 Å². The van der Waals surface area contributed by atoms with Gasteiger partial charge in [-0.15, -0.1) is 0 Å². The fraction of sp³-hybridized carbons (Fsp3) is 0.409. The lowest BCUT2D eigenvalue weighted by molar-refractivity contribution is 0.0531. The minimum Gasteiger partial charge on any atom is -0.381 e. The first-order valence-corrected chi connectivity index (χ1v) is 9.57. The SMILES string of the molecule is NC(=NCC1(c2ccccc2)CCOCC1)Nc1ccc2c(c1)CCC2. The molecule has 4 nitrogen and oxygen atoms in total. The molecule has 0 bridgehead atoms. The summed E-state index contributed by atoms with van der Waals surface area (Å²) in [5, 5.41) is 3.28. The minimum atomic E-state index is 0.0176. The molecule has 1 aliphatic carbocycles. The highest BCUT2D eigenvalue weighted by Gasteiger charge is 2.34. The number of nitrogens with one attached hydrogen (secondary N) is 1. The van der Waals surface area contributed by atoms with Gasteiger partial charge in [0.15, 0.2) is 5.96 Å². The zero-order valence-corrected chi connectivity index (χ0v) is 15.2. The molecule has 1 fully saturated rings. The van der Waals surface area contributed by atoms with Crippen molar-refractivity contribution in [2.24, 2.45) is 10.7 Å². The van der Waals surface area contributed by atoms with Crippen molar-refractivity contribution in [2.75, 3.05) is 25.1 Å². The Bertz CT molecular complexity index is 779. The number of ether oxygens (including phenoxy) is 1. The number of aliphatic imine (C=N–C) groups is 1. The van der Waals surface area contributed by atoms with Gasteiger partial charge in [0.25, 0.3) is 0 Å². The molecule has 2 aromatic rings. The van der Waals surface area contributed by atoms with Crippen molar-refractivity contribution in [3.8, 4) is 0 Å². The molecule has 0 radical (unpaired) electrons. The number of hydrogen-bond donors (Lipinski definition) is 2. The molecule has 136 valence electrons. The van der Waals surface area contributed by atoms with E-state index in [2.05, 4.69) is 53.8 Å². The Labute approximate surface area is 155 Å². The average molecular weight is 349 g/mol. The van der Waals surface area contributed by atoms with E-state index in [1.807, 2.05) is 0 Å². The van der Waals surface area contributed by atoms with Gasteiger partial charge in [0.05, 0.1) is 6.54 Å². The molecular weight excluding hydrogens is 322 g/mol. The largest absolute Gasteiger partial charge is 0.381 e. The fourth-order valence-corrected chi connectivity index (χ4v) is 4.17. The topological polar surface area (TPSA) is 59.6 Å². The smallest absolute Gasteiger partial charge is 0.193 e. The predicted octanol–water partition coefficient (Wildman–Crippen LogP) is 3.65. The Morgan fingerprint density at radius 1 is 1.04 bits per heavy atom. The molecule has 0 saturated carbocycles. The Kier molecular flexibility index (Phi) is 4.93. The number of nitrogens with zero attached hydrogens (tertiary/aromatic N) is 1. The zero-order chi connectivity index (χ0) is 17.8. The molecule has 0 atom stereocenters. The van der Waals surface area contributed by atoms with Gasteiger partial charge in [0, 0.05) is 24.3 Å². The zero-order valence-electron chi connectivity index (χ0n) is 15.2. The van der Waals surface area contributed by atoms with Crippen LogP contribution in [-0.2, 0) is 23.0 Å². The molecule has 4 rings (SSSR count). The van der Waals surface area contributed by atoms with Gasteiger partial charge in [0.1, 0.15) is 0 Å². The summed E-state index contributed by atoms with van der Waals surface area (Å²) in [6, 6.07) is 17.2. The summed E-state index contributed by atoms with van der Waals surface area (Å²) in [5.74, 6) is 0.491. The molecule has 0 spiro atoms. The van der Waals surface area contributed by atoms with Gasteiger partial charge in [-0.25, -0.2) is 0 Å². The molecule has 0 unspecified atom stereocenters. The average Bonchev–Trinajstić information content (AvgIpc) is 3.16. The van der Waals surface area contributed by atoms with Gasteiger partial charge in [0.2, 0.25) is 0 Å². The van der Waals surface area contributed by atoms with Crippen LogP contribution in [0.4, 0.5) is 5.69 Å². The first-order valence-electron chi connectivity index (χ1n) is 9.57. The number of nitrogens with two attached hydrogens (primary N) is 1. The normalized spacial score (nSPS) is 19.2. The summed E-state index contributed by atoms with van der Waals surface area (Å²) in [5.41, 5.74) is 11.5. The lowest BCUT2D eigenvalue weighted by atomic mass is 9.74. The van der Waals surface area contributed by atoms with Crippen molar-refractivity contribution < 1.29 is 4.74 Å². The highest BCUT2D eigenvalue weighted by Crippen LogP contribution is 2.35. The van der Waals surface area contributed by atoms with Gasteiger partial charge in [-0.05, 0) is 60.9 Å². The molecule has 0 aromatic heterocycles. The number of benzene rings is 2. The van der Waals surface area contributed by atoms with E-state index < -0.39 is 0 Å². The van der Waals surface area contributed by atoms with Gasteiger partial charge >= 0.3 is 0 Å². The van der Waals surface area contributed by atoms with E-state index in [9.17, 15) is 0 Å². The standard InChI is InChI=1S/C22H27N3O/c23-21(25-20-10-9-17-5-4-6-18(17)15-20)24-16-22(11-13-26-14-12-22)19-7-2-1-3-8-19/h1-3,7-10,15H,4-6,11-14,16H2,(H3,23,24,25). The monoisotopic (exact) mass is 349 g/mol. The first-order chi connectivity index (χ1) is 12.8. The lowest BCUT2D eigenvalue weighted by Gasteiger charge is -2.36. The summed E-state index contributed by atoms with van der Waals surface area (Å²) < 4.78 is 5.60. The van der Waals surface area contributed by atoms with Crippen LogP contribution in [0.5, 0.6) is 0 Å². The first kappa shape index (κ1) is 17.1. The van der Waals surface area contributed by atoms with Crippen molar-refractivity contribution in [1.82, 2.24) is 0 Å². The molecule has 1 saturated heterocycles. The molecule has 4 heteroatoms. The quantitative estimate of drug-likeness (QED) is 0.654. The second-order valence-electron chi connectivity index (χ2n) is 7.42. The Balaban J connectivity index is 1.49. The number of rotatable bonds is 4. The molecule has 1 aliphatic heterocycles. The summed E-state index contributed by atoms with van der Waals surface area (Å²) in [4.78, 5) is 4.71. The van der Waals surface area contributed by atoms with Crippen LogP contribution in [0.1, 0.15) is 36.0 Å². The summed E-state index contributed by atoms with van der Waals surface area (Å²) in [6.45, 7) is 2.25. The highest BCUT2D eigenvalue weighted by atomic mass is 16.5. The van der Waals surface area contributed by atoms with Gasteiger partial charge in [-0.2, -0.15) is 0 Å². The van der Waals surface area contributed by atoms with Crippen molar-refractivity contribution in [2.45, 2.75) is 37.5 Å². The molecular formula is C22H27N3O. The minimum absolute atomic E-state index is 0.0176. The van der Waals surface area contributed by atoms with Gasteiger partial charge in [-0.3, -0.25) is 4.99 Å². The predicted molar refractivity (Wildman–Crippen MR) is 107 cm³/mol. The number of aryl methyl sites for hydroxylation is 2. The van der Waals surface area contributed by atoms with Crippen LogP contribution < -0.4 is 11.1 Å². The van der Waals surface area contributed by atoms with E-state index in [0.29, 0.717) is 12.5 Å². The van der Waals surface area contributed by atoms with E-state index in [1.54, 1.807) is 0 Å². The summed E-state index contributed by atoms with van der Waals surface area (Å²) >= 11 is 0. The fourth-order valence-electron chi connectivity index (χ4n) is 4.17. The molecule has 1 heterocycles. The van der Waals surface area contributed by atoms with E-state index in [4.69, 9.17) is 15.5 Å². The van der Waals surface area contributed by atoms with E-state index in [1.165, 1.54) is 36.0 Å². The van der Waals surface area contributed by atoms with Crippen LogP contribution >= 0.6 is 0 Å². The number of anilines is 1. The van der Waals surface area contributed by atoms with Crippen LogP contribution in [0.3, 0.4) is 0 Å². The number of hydrogen-bond acceptors (Lipinski definition) is 2. The maximum atomic E-state index is 6.21. The van der Waals surface area contributed by atoms with Crippen LogP contribution in [0.25, 0.3) is 0 Å². The van der Waals surface area contributed by atoms with E-state index in [0.717, 1.165) is 31.7 Å². The maximum absolute atomic E-state index is 6.21. The van der Waals surface area contributed by atoms with Crippen LogP contribution in [0.15, 0.2) is 53.5 Å². The maximum Gasteiger partial charge on any atom is 0.193 e. The number of guanidine groups is 1. The Morgan fingerprint density at radius 3 is 2.62 bits per heavy atom. The van der Waals surface area contributed by atoms with Crippen molar-refractivity contribution >= 4 is 11.6 Å². The second kappa shape index (κ2) is 7.50. The summed E-state index contributed by atoms with van der Waals surface area (Å²) in [6.07, 6.45) is 5.57.